The van der Waals surface area contributed by atoms with E-state index in [9.17, 15) is 0 Å². The molecular weight excluding hydrogens is 292 g/mol. The molecule has 0 saturated heterocycles. The van der Waals surface area contributed by atoms with E-state index < -0.39 is 0 Å². The first kappa shape index (κ1) is 20.8. The molecule has 24 heavy (non-hydrogen) atoms. The standard InChI is InChI=1S/C23H38O/c1-4-6-8-10-12-14-16-22-17-19-23(20-18-22)24-21(3)15-13-11-9-7-5-2/h14,16-21H,4-13,15H2,1-3H3/b16-14+/t21-/m1/s1. The molecule has 1 heteroatoms. The van der Waals surface area contributed by atoms with Gasteiger partial charge in [-0.3, -0.25) is 0 Å². The van der Waals surface area contributed by atoms with E-state index in [4.69, 9.17) is 4.74 Å². The number of hydrogen-bond acceptors (Lipinski definition) is 1. The molecule has 0 aliphatic rings. The summed E-state index contributed by atoms with van der Waals surface area (Å²) in [6.45, 7) is 6.70. The monoisotopic (exact) mass is 330 g/mol. The molecule has 0 aliphatic heterocycles. The maximum Gasteiger partial charge on any atom is 0.119 e. The summed E-state index contributed by atoms with van der Waals surface area (Å²) in [5.41, 5.74) is 1.27. The number of hydrogen-bond donors (Lipinski definition) is 0. The minimum atomic E-state index is 0.312. The smallest absolute Gasteiger partial charge is 0.119 e. The first-order chi connectivity index (χ1) is 11.8. The maximum atomic E-state index is 6.02. The fourth-order valence-electron chi connectivity index (χ4n) is 2.89. The van der Waals surface area contributed by atoms with Gasteiger partial charge in [-0.1, -0.05) is 83.1 Å². The van der Waals surface area contributed by atoms with E-state index in [1.807, 2.05) is 0 Å². The molecule has 0 aliphatic carbocycles. The molecule has 0 N–H and O–H groups in total. The highest BCUT2D eigenvalue weighted by Crippen LogP contribution is 2.17. The first-order valence-electron chi connectivity index (χ1n) is 10.2. The van der Waals surface area contributed by atoms with Gasteiger partial charge in [0.2, 0.25) is 0 Å². The third-order valence-electron chi connectivity index (χ3n) is 4.47. The summed E-state index contributed by atoms with van der Waals surface area (Å²) < 4.78 is 6.02. The number of benzene rings is 1. The van der Waals surface area contributed by atoms with Gasteiger partial charge in [-0.15, -0.1) is 0 Å². The summed E-state index contributed by atoms with van der Waals surface area (Å²) >= 11 is 0. The molecule has 0 unspecified atom stereocenters. The minimum absolute atomic E-state index is 0.312. The Kier molecular flexibility index (Phi) is 12.3. The van der Waals surface area contributed by atoms with E-state index in [0.717, 1.165) is 12.2 Å². The van der Waals surface area contributed by atoms with Gasteiger partial charge in [0.25, 0.3) is 0 Å². The van der Waals surface area contributed by atoms with Crippen molar-refractivity contribution < 1.29 is 4.74 Å². The van der Waals surface area contributed by atoms with Gasteiger partial charge in [0, 0.05) is 0 Å². The van der Waals surface area contributed by atoms with Crippen LogP contribution in [0.15, 0.2) is 30.3 Å². The van der Waals surface area contributed by atoms with Crippen LogP contribution in [0.2, 0.25) is 0 Å². The molecule has 0 radical (unpaired) electrons. The molecular formula is C23H38O. The Hall–Kier alpha value is -1.24. The zero-order valence-electron chi connectivity index (χ0n) is 16.2. The molecule has 0 saturated carbocycles. The van der Waals surface area contributed by atoms with Crippen molar-refractivity contribution in [3.05, 3.63) is 35.9 Å². The van der Waals surface area contributed by atoms with Crippen LogP contribution in [0.4, 0.5) is 0 Å². The molecule has 0 spiro atoms. The summed E-state index contributed by atoms with van der Waals surface area (Å²) in [5.74, 6) is 0.996. The fourth-order valence-corrected chi connectivity index (χ4v) is 2.89. The first-order valence-corrected chi connectivity index (χ1v) is 10.2. The Bertz CT molecular complexity index is 418. The van der Waals surface area contributed by atoms with Gasteiger partial charge in [0.15, 0.2) is 0 Å². The molecule has 1 aromatic carbocycles. The fraction of sp³-hybridized carbons (Fsp3) is 0.652. The van der Waals surface area contributed by atoms with Gasteiger partial charge in [-0.25, -0.2) is 0 Å². The average molecular weight is 331 g/mol. The third kappa shape index (κ3) is 10.5. The van der Waals surface area contributed by atoms with E-state index in [1.165, 1.54) is 69.8 Å². The normalized spacial score (nSPS) is 12.6. The highest BCUT2D eigenvalue weighted by molar-refractivity contribution is 5.50. The second kappa shape index (κ2) is 14.1. The van der Waals surface area contributed by atoms with E-state index in [0.29, 0.717) is 6.10 Å². The lowest BCUT2D eigenvalue weighted by molar-refractivity contribution is 0.206. The quantitative estimate of drug-likeness (QED) is 0.316. The van der Waals surface area contributed by atoms with Crippen molar-refractivity contribution in [3.63, 3.8) is 0 Å². The summed E-state index contributed by atoms with van der Waals surface area (Å²) in [6, 6.07) is 8.52. The van der Waals surface area contributed by atoms with Crippen LogP contribution >= 0.6 is 0 Å². The van der Waals surface area contributed by atoms with Crippen molar-refractivity contribution in [2.24, 2.45) is 0 Å². The van der Waals surface area contributed by atoms with Crippen LogP contribution in [-0.2, 0) is 0 Å². The Balaban J connectivity index is 2.22. The molecule has 0 aromatic heterocycles. The Morgan fingerprint density at radius 1 is 0.833 bits per heavy atom. The van der Waals surface area contributed by atoms with Crippen LogP contribution in [-0.4, -0.2) is 6.10 Å². The number of rotatable bonds is 14. The lowest BCUT2D eigenvalue weighted by Crippen LogP contribution is -2.11. The van der Waals surface area contributed by atoms with Crippen molar-refractivity contribution in [1.82, 2.24) is 0 Å². The molecule has 0 bridgehead atoms. The van der Waals surface area contributed by atoms with Gasteiger partial charge in [-0.2, -0.15) is 0 Å². The van der Waals surface area contributed by atoms with E-state index in [2.05, 4.69) is 57.2 Å². The number of unbranched alkanes of at least 4 members (excludes halogenated alkanes) is 8. The van der Waals surface area contributed by atoms with Gasteiger partial charge in [0.1, 0.15) is 5.75 Å². The lowest BCUT2D eigenvalue weighted by Gasteiger charge is -2.14. The van der Waals surface area contributed by atoms with Crippen LogP contribution in [0.1, 0.15) is 97.0 Å². The predicted octanol–water partition coefficient (Wildman–Crippen LogP) is 7.80. The Morgan fingerprint density at radius 3 is 2.12 bits per heavy atom. The van der Waals surface area contributed by atoms with Crippen LogP contribution in [0, 0.1) is 0 Å². The minimum Gasteiger partial charge on any atom is -0.491 e. The van der Waals surface area contributed by atoms with Crippen LogP contribution in [0.3, 0.4) is 0 Å². The molecule has 0 amide bonds. The third-order valence-corrected chi connectivity index (χ3v) is 4.47. The Morgan fingerprint density at radius 2 is 1.46 bits per heavy atom. The highest BCUT2D eigenvalue weighted by atomic mass is 16.5. The molecule has 1 atom stereocenters. The summed E-state index contributed by atoms with van der Waals surface area (Å²) in [5, 5.41) is 0. The van der Waals surface area contributed by atoms with Gasteiger partial charge in [0.05, 0.1) is 6.10 Å². The topological polar surface area (TPSA) is 9.23 Å². The maximum absolute atomic E-state index is 6.02. The van der Waals surface area contributed by atoms with E-state index in [1.54, 1.807) is 0 Å². The van der Waals surface area contributed by atoms with E-state index in [-0.39, 0.29) is 0 Å². The molecule has 1 aromatic rings. The Labute approximate surface area is 150 Å². The second-order valence-corrected chi connectivity index (χ2v) is 6.95. The summed E-state index contributed by atoms with van der Waals surface area (Å²) in [6.07, 6.45) is 19.2. The van der Waals surface area contributed by atoms with Crippen molar-refractivity contribution in [1.29, 1.82) is 0 Å². The van der Waals surface area contributed by atoms with Crippen LogP contribution in [0.25, 0.3) is 6.08 Å². The largest absolute Gasteiger partial charge is 0.491 e. The van der Waals surface area contributed by atoms with Crippen LogP contribution in [0.5, 0.6) is 5.75 Å². The number of ether oxygens (including phenoxy) is 1. The molecule has 136 valence electrons. The van der Waals surface area contributed by atoms with Crippen molar-refractivity contribution in [3.8, 4) is 5.75 Å². The number of allylic oxidation sites excluding steroid dienone is 1. The zero-order valence-corrected chi connectivity index (χ0v) is 16.2. The summed E-state index contributed by atoms with van der Waals surface area (Å²) in [4.78, 5) is 0. The average Bonchev–Trinajstić information content (AvgIpc) is 2.59. The highest BCUT2D eigenvalue weighted by Gasteiger charge is 2.03. The predicted molar refractivity (Wildman–Crippen MR) is 108 cm³/mol. The lowest BCUT2D eigenvalue weighted by atomic mass is 10.1. The van der Waals surface area contributed by atoms with Gasteiger partial charge < -0.3 is 4.74 Å². The van der Waals surface area contributed by atoms with Crippen molar-refractivity contribution >= 4 is 6.08 Å². The molecule has 1 nitrogen and oxygen atoms in total. The van der Waals surface area contributed by atoms with Crippen LogP contribution < -0.4 is 4.74 Å². The summed E-state index contributed by atoms with van der Waals surface area (Å²) in [7, 11) is 0. The SMILES string of the molecule is CCCCCC/C=C/c1ccc(O[C@H](C)CCCCCCC)cc1. The molecule has 0 fully saturated rings. The molecule has 0 heterocycles. The zero-order chi connectivity index (χ0) is 17.5. The second-order valence-electron chi connectivity index (χ2n) is 6.95. The molecule has 1 rings (SSSR count). The van der Waals surface area contributed by atoms with Crippen molar-refractivity contribution in [2.45, 2.75) is 97.5 Å². The van der Waals surface area contributed by atoms with Crippen molar-refractivity contribution in [2.75, 3.05) is 0 Å². The van der Waals surface area contributed by atoms with Gasteiger partial charge in [-0.05, 0) is 50.3 Å². The van der Waals surface area contributed by atoms with Gasteiger partial charge >= 0.3 is 0 Å². The van der Waals surface area contributed by atoms with E-state index >= 15 is 0 Å².